The lowest BCUT2D eigenvalue weighted by Gasteiger charge is -2.21. The van der Waals surface area contributed by atoms with E-state index in [4.69, 9.17) is 15.3 Å². The van der Waals surface area contributed by atoms with Gasteiger partial charge in [-0.1, -0.05) is 12.2 Å². The van der Waals surface area contributed by atoms with Crippen molar-refractivity contribution in [3.8, 4) is 0 Å². The van der Waals surface area contributed by atoms with Gasteiger partial charge in [-0.3, -0.25) is 0 Å². The second-order valence-corrected chi connectivity index (χ2v) is 3.00. The van der Waals surface area contributed by atoms with E-state index in [1.807, 2.05) is 0 Å². The monoisotopic (exact) mass is 248 g/mol. The van der Waals surface area contributed by atoms with Crippen molar-refractivity contribution in [2.45, 2.75) is 18.4 Å². The van der Waals surface area contributed by atoms with Crippen LogP contribution in [-0.2, 0) is 4.74 Å². The second-order valence-electron chi connectivity index (χ2n) is 3.00. The Labute approximate surface area is 98.3 Å². The molecule has 0 aliphatic carbocycles. The third kappa shape index (κ3) is 12.1. The number of aliphatic hydroxyl groups excluding tert-OH is 1. The number of aliphatic hydroxyl groups is 2. The van der Waals surface area contributed by atoms with Crippen LogP contribution in [0.5, 0.6) is 0 Å². The Bertz CT molecular complexity index is 250. The minimum atomic E-state index is -1.81. The fraction of sp³-hybridized carbons (Fsp3) is 0.400. The van der Waals surface area contributed by atoms with Crippen LogP contribution in [0.4, 0.5) is 9.59 Å². The molecule has 0 heterocycles. The molecule has 0 saturated heterocycles. The highest BCUT2D eigenvalue weighted by molar-refractivity contribution is 5.74. The molecule has 17 heavy (non-hydrogen) atoms. The van der Waals surface area contributed by atoms with E-state index < -0.39 is 17.9 Å². The number of hydrogen-bond acceptors (Lipinski definition) is 5. The average molecular weight is 248 g/mol. The van der Waals surface area contributed by atoms with E-state index >= 15 is 0 Å². The predicted octanol–water partition coefficient (Wildman–Crippen LogP) is 1.22. The van der Waals surface area contributed by atoms with Gasteiger partial charge in [-0.2, -0.15) is 0 Å². The van der Waals surface area contributed by atoms with Gasteiger partial charge >= 0.3 is 12.3 Å². The minimum absolute atomic E-state index is 0.245. The largest absolute Gasteiger partial charge is 0.516 e. The van der Waals surface area contributed by atoms with Gasteiger partial charge in [0, 0.05) is 0 Å². The molecule has 0 aromatic carbocycles. The van der Waals surface area contributed by atoms with Crippen LogP contribution >= 0.6 is 0 Å². The lowest BCUT2D eigenvalue weighted by atomic mass is 9.97. The molecule has 0 rings (SSSR count). The molecular weight excluding hydrogens is 232 g/mol. The van der Waals surface area contributed by atoms with Gasteiger partial charge < -0.3 is 25.2 Å². The van der Waals surface area contributed by atoms with Crippen LogP contribution in [-0.4, -0.2) is 44.9 Å². The first-order valence-electron chi connectivity index (χ1n) is 4.50. The van der Waals surface area contributed by atoms with Crippen molar-refractivity contribution in [3.63, 3.8) is 0 Å². The molecule has 0 unspecified atom stereocenters. The first-order valence-corrected chi connectivity index (χ1v) is 4.50. The molecule has 7 heteroatoms. The zero-order valence-corrected chi connectivity index (χ0v) is 9.20. The van der Waals surface area contributed by atoms with Crippen molar-refractivity contribution in [3.05, 3.63) is 25.3 Å². The molecule has 0 aliphatic heterocycles. The molecule has 0 fully saturated rings. The van der Waals surface area contributed by atoms with Crippen LogP contribution < -0.4 is 0 Å². The summed E-state index contributed by atoms with van der Waals surface area (Å²) in [6.45, 7) is 6.70. The van der Waals surface area contributed by atoms with Crippen molar-refractivity contribution in [2.24, 2.45) is 0 Å². The smallest absolute Gasteiger partial charge is 0.449 e. The summed E-state index contributed by atoms with van der Waals surface area (Å²) in [5.74, 6) is 0. The number of carbonyl (C=O) groups is 2. The summed E-state index contributed by atoms with van der Waals surface area (Å²) in [6.07, 6.45) is 0.338. The Balaban J connectivity index is 0. The Morgan fingerprint density at radius 1 is 1.12 bits per heavy atom. The van der Waals surface area contributed by atoms with E-state index in [-0.39, 0.29) is 6.61 Å². The Kier molecular flexibility index (Phi) is 9.67. The lowest BCUT2D eigenvalue weighted by molar-refractivity contribution is -0.00909. The molecule has 0 aromatic rings. The van der Waals surface area contributed by atoms with Crippen LogP contribution in [0.15, 0.2) is 25.3 Å². The van der Waals surface area contributed by atoms with Gasteiger partial charge in [-0.25, -0.2) is 9.59 Å². The maximum Gasteiger partial charge on any atom is 0.516 e. The van der Waals surface area contributed by atoms with Crippen LogP contribution in [0, 0.1) is 0 Å². The topological polar surface area (TPSA) is 124 Å². The quantitative estimate of drug-likeness (QED) is 0.327. The van der Waals surface area contributed by atoms with Gasteiger partial charge in [0.1, 0.15) is 0 Å². The maximum atomic E-state index is 9.43. The molecule has 0 aliphatic rings. The number of carboxylic acid groups (broad SMARTS) is 2. The summed E-state index contributed by atoms with van der Waals surface area (Å²) in [7, 11) is 0. The molecule has 4 N–H and O–H groups in total. The Morgan fingerprint density at radius 3 is 1.59 bits per heavy atom. The van der Waals surface area contributed by atoms with Crippen LogP contribution in [0.3, 0.4) is 0 Å². The van der Waals surface area contributed by atoms with Crippen LogP contribution in [0.25, 0.3) is 0 Å². The normalized spacial score (nSPS) is 9.53. The van der Waals surface area contributed by atoms with E-state index in [0.717, 1.165) is 0 Å². The van der Waals surface area contributed by atoms with Crippen molar-refractivity contribution in [2.75, 3.05) is 6.61 Å². The van der Waals surface area contributed by atoms with Gasteiger partial charge in [0.15, 0.2) is 0 Å². The fourth-order valence-electron chi connectivity index (χ4n) is 0.824. The van der Waals surface area contributed by atoms with Gasteiger partial charge in [0.25, 0.3) is 0 Å². The minimum Gasteiger partial charge on any atom is -0.449 e. The average Bonchev–Trinajstić information content (AvgIpc) is 2.17. The predicted molar refractivity (Wildman–Crippen MR) is 58.8 cm³/mol. The second kappa shape index (κ2) is 9.37. The summed E-state index contributed by atoms with van der Waals surface area (Å²) in [5.41, 5.74) is -1.04. The molecule has 98 valence electrons. The molecule has 0 saturated carbocycles. The van der Waals surface area contributed by atoms with Gasteiger partial charge in [0.05, 0.1) is 12.2 Å². The van der Waals surface area contributed by atoms with Crippen LogP contribution in [0.2, 0.25) is 0 Å². The number of rotatable bonds is 5. The molecule has 0 aromatic heterocycles. The van der Waals surface area contributed by atoms with Gasteiger partial charge in [-0.15, -0.1) is 13.2 Å². The summed E-state index contributed by atoms with van der Waals surface area (Å²) in [5, 5.41) is 33.1. The SMILES string of the molecule is C=CCC(O)(CO)CC=C.O=C(O)OC(=O)O. The van der Waals surface area contributed by atoms with E-state index in [1.165, 1.54) is 0 Å². The molecule has 0 spiro atoms. The molecule has 0 bridgehead atoms. The first kappa shape index (κ1) is 17.5. The van der Waals surface area contributed by atoms with Gasteiger partial charge in [0.2, 0.25) is 0 Å². The number of ether oxygens (including phenoxy) is 1. The van der Waals surface area contributed by atoms with Gasteiger partial charge in [-0.05, 0) is 12.8 Å². The molecule has 0 amide bonds. The molecule has 0 radical (unpaired) electrons. The summed E-state index contributed by atoms with van der Waals surface area (Å²) in [6, 6.07) is 0. The summed E-state index contributed by atoms with van der Waals surface area (Å²) >= 11 is 0. The Hall–Kier alpha value is -1.86. The fourth-order valence-corrected chi connectivity index (χ4v) is 0.824. The van der Waals surface area contributed by atoms with Crippen LogP contribution in [0.1, 0.15) is 12.8 Å². The third-order valence-electron chi connectivity index (χ3n) is 1.52. The van der Waals surface area contributed by atoms with Crippen molar-refractivity contribution < 1.29 is 34.8 Å². The first-order chi connectivity index (χ1) is 7.81. The van der Waals surface area contributed by atoms with Crippen molar-refractivity contribution in [1.29, 1.82) is 0 Å². The van der Waals surface area contributed by atoms with E-state index in [0.29, 0.717) is 12.8 Å². The molecular formula is C10H16O7. The summed E-state index contributed by atoms with van der Waals surface area (Å²) in [4.78, 5) is 18.4. The highest BCUT2D eigenvalue weighted by Gasteiger charge is 2.21. The lowest BCUT2D eigenvalue weighted by Crippen LogP contribution is -2.31. The molecule has 0 atom stereocenters. The zero-order chi connectivity index (χ0) is 13.9. The van der Waals surface area contributed by atoms with E-state index in [1.54, 1.807) is 12.2 Å². The Morgan fingerprint density at radius 2 is 1.47 bits per heavy atom. The van der Waals surface area contributed by atoms with Crippen molar-refractivity contribution in [1.82, 2.24) is 0 Å². The van der Waals surface area contributed by atoms with E-state index in [9.17, 15) is 14.7 Å². The molecule has 7 nitrogen and oxygen atoms in total. The highest BCUT2D eigenvalue weighted by Crippen LogP contribution is 2.14. The maximum absolute atomic E-state index is 9.43. The standard InChI is InChI=1S/C8H14O2.C2H2O5/c1-3-5-8(10,7-9)6-4-2;3-1(4)7-2(5)6/h3-4,9-10H,1-2,5-7H2;(H,3,4)(H,5,6). The highest BCUT2D eigenvalue weighted by atomic mass is 16.7. The van der Waals surface area contributed by atoms with E-state index in [2.05, 4.69) is 17.9 Å². The summed E-state index contributed by atoms with van der Waals surface area (Å²) < 4.78 is 3.08. The zero-order valence-electron chi connectivity index (χ0n) is 9.20. The third-order valence-corrected chi connectivity index (χ3v) is 1.52. The van der Waals surface area contributed by atoms with Crippen molar-refractivity contribution >= 4 is 12.3 Å². The number of hydrogen-bond donors (Lipinski definition) is 4.